The number of alkyl halides is 1. The predicted molar refractivity (Wildman–Crippen MR) is 61.7 cm³/mol. The molecule has 14 heavy (non-hydrogen) atoms. The predicted octanol–water partition coefficient (Wildman–Crippen LogP) is 2.49. The molecule has 0 saturated carbocycles. The van der Waals surface area contributed by atoms with E-state index in [0.717, 1.165) is 4.88 Å². The van der Waals surface area contributed by atoms with Crippen molar-refractivity contribution in [3.63, 3.8) is 0 Å². The lowest BCUT2D eigenvalue weighted by Crippen LogP contribution is -2.38. The number of rotatable bonds is 3. The van der Waals surface area contributed by atoms with E-state index in [1.807, 2.05) is 20.8 Å². The highest BCUT2D eigenvalue weighted by molar-refractivity contribution is 9.10. The maximum atomic E-state index is 11.6. The van der Waals surface area contributed by atoms with Gasteiger partial charge in [-0.15, -0.1) is 11.3 Å². The zero-order valence-electron chi connectivity index (χ0n) is 8.37. The summed E-state index contributed by atoms with van der Waals surface area (Å²) in [5.41, 5.74) is 1.76. The summed E-state index contributed by atoms with van der Waals surface area (Å²) < 4.78 is -0.522. The number of thiazole rings is 1. The fraction of sp³-hybridized carbons (Fsp3) is 0.556. The van der Waals surface area contributed by atoms with Gasteiger partial charge in [0.1, 0.15) is 0 Å². The SMILES string of the molecule is CC(NC(=O)C(C)(C)Br)c1cncs1. The second kappa shape index (κ2) is 4.40. The molecule has 0 bridgehead atoms. The molecule has 0 aromatic carbocycles. The summed E-state index contributed by atoms with van der Waals surface area (Å²) in [6.07, 6.45) is 1.77. The van der Waals surface area contributed by atoms with E-state index >= 15 is 0 Å². The van der Waals surface area contributed by atoms with Crippen LogP contribution < -0.4 is 5.32 Å². The maximum Gasteiger partial charge on any atom is 0.236 e. The Hall–Kier alpha value is -0.420. The van der Waals surface area contributed by atoms with Gasteiger partial charge in [0.2, 0.25) is 5.91 Å². The van der Waals surface area contributed by atoms with Crippen LogP contribution in [-0.2, 0) is 4.79 Å². The smallest absolute Gasteiger partial charge is 0.236 e. The van der Waals surface area contributed by atoms with E-state index in [4.69, 9.17) is 0 Å². The van der Waals surface area contributed by atoms with Crippen LogP contribution in [0.4, 0.5) is 0 Å². The molecule has 0 aliphatic rings. The number of halogens is 1. The molecule has 1 unspecified atom stereocenters. The van der Waals surface area contributed by atoms with Gasteiger partial charge < -0.3 is 5.32 Å². The Morgan fingerprint density at radius 2 is 2.36 bits per heavy atom. The monoisotopic (exact) mass is 276 g/mol. The van der Waals surface area contributed by atoms with Crippen molar-refractivity contribution < 1.29 is 4.79 Å². The highest BCUT2D eigenvalue weighted by Gasteiger charge is 2.25. The molecule has 0 aliphatic heterocycles. The van der Waals surface area contributed by atoms with Crippen LogP contribution in [0.5, 0.6) is 0 Å². The standard InChI is InChI=1S/C9H13BrN2OS/c1-6(7-4-11-5-14-7)12-8(13)9(2,3)10/h4-6H,1-3H3,(H,12,13). The average molecular weight is 277 g/mol. The van der Waals surface area contributed by atoms with E-state index in [1.54, 1.807) is 23.0 Å². The molecule has 78 valence electrons. The third kappa shape index (κ3) is 3.06. The van der Waals surface area contributed by atoms with Crippen molar-refractivity contribution in [3.8, 4) is 0 Å². The van der Waals surface area contributed by atoms with E-state index in [1.165, 1.54) is 0 Å². The number of hydrogen-bond donors (Lipinski definition) is 1. The zero-order valence-corrected chi connectivity index (χ0v) is 10.8. The van der Waals surface area contributed by atoms with E-state index in [0.29, 0.717) is 0 Å². The molecule has 3 nitrogen and oxygen atoms in total. The van der Waals surface area contributed by atoms with Crippen LogP contribution in [-0.4, -0.2) is 15.2 Å². The fourth-order valence-corrected chi connectivity index (χ4v) is 1.62. The first-order valence-corrected chi connectivity index (χ1v) is 5.97. The lowest BCUT2D eigenvalue weighted by molar-refractivity contribution is -0.123. The molecular formula is C9H13BrN2OS. The third-order valence-electron chi connectivity index (χ3n) is 1.77. The van der Waals surface area contributed by atoms with Crippen LogP contribution in [0.25, 0.3) is 0 Å². The van der Waals surface area contributed by atoms with Crippen LogP contribution >= 0.6 is 27.3 Å². The van der Waals surface area contributed by atoms with Gasteiger partial charge in [-0.25, -0.2) is 0 Å². The van der Waals surface area contributed by atoms with Crippen LogP contribution in [0, 0.1) is 0 Å². The van der Waals surface area contributed by atoms with Crippen LogP contribution in [0.1, 0.15) is 31.7 Å². The molecule has 0 fully saturated rings. The number of aromatic nitrogens is 1. The van der Waals surface area contributed by atoms with Gasteiger partial charge >= 0.3 is 0 Å². The molecule has 0 radical (unpaired) electrons. The molecule has 1 heterocycles. The Kier molecular flexibility index (Phi) is 3.66. The van der Waals surface area contributed by atoms with Crippen molar-refractivity contribution in [1.82, 2.24) is 10.3 Å². The normalized spacial score (nSPS) is 13.7. The largest absolute Gasteiger partial charge is 0.348 e. The molecule has 1 N–H and O–H groups in total. The summed E-state index contributed by atoms with van der Waals surface area (Å²) in [6.45, 7) is 5.59. The molecular weight excluding hydrogens is 264 g/mol. The Morgan fingerprint density at radius 1 is 1.71 bits per heavy atom. The summed E-state index contributed by atoms with van der Waals surface area (Å²) in [4.78, 5) is 16.6. The minimum atomic E-state index is -0.522. The summed E-state index contributed by atoms with van der Waals surface area (Å²) in [7, 11) is 0. The lowest BCUT2D eigenvalue weighted by atomic mass is 10.2. The quantitative estimate of drug-likeness (QED) is 0.862. The van der Waals surface area contributed by atoms with Crippen LogP contribution in [0.15, 0.2) is 11.7 Å². The molecule has 0 aliphatic carbocycles. The van der Waals surface area contributed by atoms with Gasteiger partial charge in [0.05, 0.1) is 15.9 Å². The first kappa shape index (κ1) is 11.7. The van der Waals surface area contributed by atoms with Crippen molar-refractivity contribution in [1.29, 1.82) is 0 Å². The van der Waals surface area contributed by atoms with Crippen molar-refractivity contribution in [2.24, 2.45) is 0 Å². The second-order valence-corrected chi connectivity index (χ2v) is 6.47. The summed E-state index contributed by atoms with van der Waals surface area (Å²) >= 11 is 4.85. The molecule has 0 spiro atoms. The number of carbonyl (C=O) groups is 1. The summed E-state index contributed by atoms with van der Waals surface area (Å²) in [5.74, 6) is -0.0154. The van der Waals surface area contributed by atoms with Crippen LogP contribution in [0.3, 0.4) is 0 Å². The second-order valence-electron chi connectivity index (χ2n) is 3.57. The van der Waals surface area contributed by atoms with Gasteiger partial charge in [0.15, 0.2) is 0 Å². The van der Waals surface area contributed by atoms with Crippen molar-refractivity contribution in [2.75, 3.05) is 0 Å². The Labute approximate surface area is 96.1 Å². The van der Waals surface area contributed by atoms with Gasteiger partial charge in [-0.2, -0.15) is 0 Å². The number of carbonyl (C=O) groups excluding carboxylic acids is 1. The minimum Gasteiger partial charge on any atom is -0.348 e. The number of amides is 1. The Bertz CT molecular complexity index is 305. The van der Waals surface area contributed by atoms with Gasteiger partial charge in [-0.05, 0) is 20.8 Å². The molecule has 5 heteroatoms. The van der Waals surface area contributed by atoms with E-state index < -0.39 is 4.32 Å². The molecule has 0 saturated heterocycles. The number of nitrogens with zero attached hydrogens (tertiary/aromatic N) is 1. The van der Waals surface area contributed by atoms with E-state index in [9.17, 15) is 4.79 Å². The highest BCUT2D eigenvalue weighted by Crippen LogP contribution is 2.20. The first-order valence-electron chi connectivity index (χ1n) is 4.29. The van der Waals surface area contributed by atoms with E-state index in [-0.39, 0.29) is 11.9 Å². The van der Waals surface area contributed by atoms with Crippen LogP contribution in [0.2, 0.25) is 0 Å². The number of hydrogen-bond acceptors (Lipinski definition) is 3. The summed E-state index contributed by atoms with van der Waals surface area (Å²) in [6, 6.07) is 0.0202. The van der Waals surface area contributed by atoms with Gasteiger partial charge in [-0.3, -0.25) is 9.78 Å². The van der Waals surface area contributed by atoms with Crippen molar-refractivity contribution >= 4 is 33.2 Å². The molecule has 1 rings (SSSR count). The topological polar surface area (TPSA) is 42.0 Å². The van der Waals surface area contributed by atoms with Crippen molar-refractivity contribution in [3.05, 3.63) is 16.6 Å². The maximum absolute atomic E-state index is 11.6. The number of nitrogens with one attached hydrogen (secondary N) is 1. The third-order valence-corrected chi connectivity index (χ3v) is 3.08. The highest BCUT2D eigenvalue weighted by atomic mass is 79.9. The average Bonchev–Trinajstić information content (AvgIpc) is 2.53. The Balaban J connectivity index is 2.58. The molecule has 1 aromatic rings. The molecule has 1 atom stereocenters. The fourth-order valence-electron chi connectivity index (χ4n) is 0.879. The van der Waals surface area contributed by atoms with Gasteiger partial charge in [0.25, 0.3) is 0 Å². The summed E-state index contributed by atoms with van der Waals surface area (Å²) in [5, 5.41) is 2.91. The molecule has 1 amide bonds. The van der Waals surface area contributed by atoms with Crippen molar-refractivity contribution in [2.45, 2.75) is 31.1 Å². The zero-order chi connectivity index (χ0) is 10.8. The van der Waals surface area contributed by atoms with Gasteiger partial charge in [-0.1, -0.05) is 15.9 Å². The molecule has 1 aromatic heterocycles. The van der Waals surface area contributed by atoms with Gasteiger partial charge in [0, 0.05) is 11.1 Å². The Morgan fingerprint density at radius 3 is 2.79 bits per heavy atom. The first-order chi connectivity index (χ1) is 6.41. The van der Waals surface area contributed by atoms with E-state index in [2.05, 4.69) is 26.2 Å². The minimum absolute atomic E-state index is 0.0154. The lowest BCUT2D eigenvalue weighted by Gasteiger charge is -2.19.